The highest BCUT2D eigenvalue weighted by Crippen LogP contribution is 2.48. The molecule has 0 saturated heterocycles. The van der Waals surface area contributed by atoms with Crippen molar-refractivity contribution in [3.8, 4) is 5.75 Å². The maximum Gasteiger partial charge on any atom is 0.266 e. The number of anilines is 1. The number of carbonyl (C=O) groups excluding carboxylic acids is 1. The number of rotatable bonds is 8. The van der Waals surface area contributed by atoms with Gasteiger partial charge in [0.25, 0.3) is 6.43 Å². The van der Waals surface area contributed by atoms with E-state index >= 15 is 0 Å². The summed E-state index contributed by atoms with van der Waals surface area (Å²) in [5, 5.41) is 25.9. The van der Waals surface area contributed by atoms with Crippen molar-refractivity contribution < 1.29 is 32.9 Å². The first-order valence-corrected chi connectivity index (χ1v) is 14.7. The van der Waals surface area contributed by atoms with E-state index < -0.39 is 35.1 Å². The summed E-state index contributed by atoms with van der Waals surface area (Å²) in [6.45, 7) is 7.36. The lowest BCUT2D eigenvalue weighted by atomic mass is 9.74. The molecule has 2 aliphatic rings. The molecule has 0 spiro atoms. The smallest absolute Gasteiger partial charge is 0.266 e. The standard InChI is InChI=1S/C32H39F3N4O4/c1-17(20-7-6-8-21(25(20)33)28(34)35)36-29-23-15-24(27-22(11-14-43-27)26(23)37-18(2)38-29)32(42)12-9-19(10-13-32)30(40)39(5)16-31(3,4)41/h6-8,15,17,19,28,41-42H,9-14,16H2,1-5H3,(H,36,37,38)/t17-,19?,32?/m1/s1. The van der Waals surface area contributed by atoms with E-state index in [-0.39, 0.29) is 23.9 Å². The Morgan fingerprint density at radius 3 is 2.56 bits per heavy atom. The number of nitrogens with one attached hydrogen (secondary N) is 1. The van der Waals surface area contributed by atoms with E-state index in [0.29, 0.717) is 72.6 Å². The summed E-state index contributed by atoms with van der Waals surface area (Å²) in [7, 11) is 1.68. The molecule has 1 amide bonds. The van der Waals surface area contributed by atoms with E-state index in [1.165, 1.54) is 12.1 Å². The van der Waals surface area contributed by atoms with Gasteiger partial charge in [0.2, 0.25) is 5.91 Å². The van der Waals surface area contributed by atoms with Crippen LogP contribution in [0.25, 0.3) is 10.9 Å². The third kappa shape index (κ3) is 6.15. The average molecular weight is 601 g/mol. The van der Waals surface area contributed by atoms with E-state index in [4.69, 9.17) is 4.74 Å². The van der Waals surface area contributed by atoms with Crippen LogP contribution in [-0.2, 0) is 16.8 Å². The Morgan fingerprint density at radius 2 is 1.91 bits per heavy atom. The molecule has 1 aliphatic heterocycles. The zero-order valence-electron chi connectivity index (χ0n) is 25.2. The molecule has 0 radical (unpaired) electrons. The third-order valence-corrected chi connectivity index (χ3v) is 8.53. The van der Waals surface area contributed by atoms with E-state index in [2.05, 4.69) is 15.3 Å². The molecule has 2 aromatic carbocycles. The Balaban J connectivity index is 1.48. The second kappa shape index (κ2) is 11.6. The first-order chi connectivity index (χ1) is 20.2. The van der Waals surface area contributed by atoms with Crippen LogP contribution in [0.5, 0.6) is 5.75 Å². The summed E-state index contributed by atoms with van der Waals surface area (Å²) < 4.78 is 47.8. The topological polar surface area (TPSA) is 108 Å². The number of carbonyl (C=O) groups is 1. The zero-order valence-corrected chi connectivity index (χ0v) is 25.2. The van der Waals surface area contributed by atoms with Crippen molar-refractivity contribution >= 4 is 22.6 Å². The third-order valence-electron chi connectivity index (χ3n) is 8.53. The molecule has 1 aromatic heterocycles. The number of hydrogen-bond acceptors (Lipinski definition) is 7. The lowest BCUT2D eigenvalue weighted by Crippen LogP contribution is -2.44. The highest BCUT2D eigenvalue weighted by Gasteiger charge is 2.42. The van der Waals surface area contributed by atoms with Crippen LogP contribution in [0.3, 0.4) is 0 Å². The van der Waals surface area contributed by atoms with E-state index in [1.54, 1.807) is 39.6 Å². The normalized spacial score (nSPS) is 21.0. The van der Waals surface area contributed by atoms with Crippen molar-refractivity contribution in [1.29, 1.82) is 0 Å². The van der Waals surface area contributed by atoms with Crippen LogP contribution in [0, 0.1) is 18.7 Å². The van der Waals surface area contributed by atoms with Gasteiger partial charge >= 0.3 is 0 Å². The first-order valence-electron chi connectivity index (χ1n) is 14.7. The monoisotopic (exact) mass is 600 g/mol. The summed E-state index contributed by atoms with van der Waals surface area (Å²) in [5.41, 5.74) is -0.754. The quantitative estimate of drug-likeness (QED) is 0.303. The van der Waals surface area contributed by atoms with Crippen molar-refractivity contribution in [2.24, 2.45) is 5.92 Å². The van der Waals surface area contributed by atoms with E-state index in [1.807, 2.05) is 6.07 Å². The predicted octanol–water partition coefficient (Wildman–Crippen LogP) is 5.73. The maximum absolute atomic E-state index is 15.0. The van der Waals surface area contributed by atoms with Crippen molar-refractivity contribution in [2.75, 3.05) is 25.5 Å². The molecule has 3 N–H and O–H groups in total. The number of benzene rings is 2. The highest BCUT2D eigenvalue weighted by atomic mass is 19.3. The largest absolute Gasteiger partial charge is 0.492 e. The Morgan fingerprint density at radius 1 is 1.23 bits per heavy atom. The van der Waals surface area contributed by atoms with Gasteiger partial charge < -0.3 is 25.2 Å². The number of aromatic nitrogens is 2. The number of aliphatic hydroxyl groups is 2. The van der Waals surface area contributed by atoms with Crippen LogP contribution in [0.4, 0.5) is 19.0 Å². The van der Waals surface area contributed by atoms with E-state index in [0.717, 1.165) is 11.6 Å². The van der Waals surface area contributed by atoms with Gasteiger partial charge in [0, 0.05) is 48.0 Å². The van der Waals surface area contributed by atoms with Crippen LogP contribution in [-0.4, -0.2) is 56.8 Å². The minimum Gasteiger partial charge on any atom is -0.492 e. The summed E-state index contributed by atoms with van der Waals surface area (Å²) >= 11 is 0. The van der Waals surface area contributed by atoms with Gasteiger partial charge in [-0.15, -0.1) is 0 Å². The molecule has 1 fully saturated rings. The minimum absolute atomic E-state index is 0.0587. The fourth-order valence-corrected chi connectivity index (χ4v) is 6.47. The van der Waals surface area contributed by atoms with Crippen LogP contribution in [0.15, 0.2) is 24.3 Å². The first kappa shape index (κ1) is 31.0. The predicted molar refractivity (Wildman–Crippen MR) is 157 cm³/mol. The van der Waals surface area contributed by atoms with Crippen molar-refractivity contribution in [2.45, 2.75) is 83.5 Å². The van der Waals surface area contributed by atoms with Gasteiger partial charge in [0.15, 0.2) is 0 Å². The van der Waals surface area contributed by atoms with E-state index in [9.17, 15) is 28.2 Å². The molecular formula is C32H39F3N4O4. The van der Waals surface area contributed by atoms with Crippen molar-refractivity contribution in [1.82, 2.24) is 14.9 Å². The molecule has 3 aromatic rings. The van der Waals surface area contributed by atoms with Crippen LogP contribution >= 0.6 is 0 Å². The van der Waals surface area contributed by atoms with Crippen LogP contribution in [0.1, 0.15) is 87.0 Å². The van der Waals surface area contributed by atoms with Gasteiger partial charge in [-0.05, 0) is 59.4 Å². The lowest BCUT2D eigenvalue weighted by molar-refractivity contribution is -0.140. The van der Waals surface area contributed by atoms with Crippen LogP contribution in [0.2, 0.25) is 0 Å². The molecule has 11 heteroatoms. The molecule has 0 unspecified atom stereocenters. The highest BCUT2D eigenvalue weighted by molar-refractivity contribution is 5.94. The second-order valence-electron chi connectivity index (χ2n) is 12.6. The molecule has 2 heterocycles. The number of nitrogens with zero attached hydrogens (tertiary/aromatic N) is 3. The summed E-state index contributed by atoms with van der Waals surface area (Å²) in [4.78, 5) is 23.9. The Labute approximate surface area is 249 Å². The summed E-state index contributed by atoms with van der Waals surface area (Å²) in [6, 6.07) is 5.05. The Bertz CT molecular complexity index is 1530. The number of aryl methyl sites for hydroxylation is 1. The van der Waals surface area contributed by atoms with Gasteiger partial charge in [0.1, 0.15) is 23.2 Å². The molecule has 5 rings (SSSR count). The number of halogens is 3. The Hall–Kier alpha value is -3.44. The van der Waals surface area contributed by atoms with Crippen molar-refractivity contribution in [3.05, 3.63) is 58.2 Å². The SMILES string of the molecule is Cc1nc(N[C@H](C)c2cccc(C(F)F)c2F)c2cc(C3(O)CCC(C(=O)N(C)CC(C)(C)O)CC3)c3c(c2n1)CCO3. The molecule has 1 atom stereocenters. The number of amides is 1. The molecule has 232 valence electrons. The van der Waals surface area contributed by atoms with Crippen molar-refractivity contribution in [3.63, 3.8) is 0 Å². The second-order valence-corrected chi connectivity index (χ2v) is 12.6. The summed E-state index contributed by atoms with van der Waals surface area (Å²) in [5.74, 6) is 0.164. The van der Waals surface area contributed by atoms with Gasteiger partial charge in [-0.25, -0.2) is 23.1 Å². The Kier molecular flexibility index (Phi) is 8.34. The molecule has 43 heavy (non-hydrogen) atoms. The number of alkyl halides is 2. The number of hydrogen-bond donors (Lipinski definition) is 3. The maximum atomic E-state index is 15.0. The van der Waals surface area contributed by atoms with Gasteiger partial charge in [-0.3, -0.25) is 4.79 Å². The fourth-order valence-electron chi connectivity index (χ4n) is 6.47. The average Bonchev–Trinajstić information content (AvgIpc) is 3.42. The number of likely N-dealkylation sites (N-methyl/N-ethyl adjacent to an activating group) is 1. The lowest BCUT2D eigenvalue weighted by Gasteiger charge is -2.38. The summed E-state index contributed by atoms with van der Waals surface area (Å²) in [6.07, 6.45) is -0.769. The van der Waals surface area contributed by atoms with Gasteiger partial charge in [0.05, 0.1) is 34.9 Å². The fraction of sp³-hybridized carbons (Fsp3) is 0.531. The minimum atomic E-state index is -2.94. The number of fused-ring (bicyclic) bond motifs is 3. The van der Waals surface area contributed by atoms with Gasteiger partial charge in [-0.1, -0.05) is 18.2 Å². The molecule has 1 aliphatic carbocycles. The molecule has 8 nitrogen and oxygen atoms in total. The molecule has 0 bridgehead atoms. The van der Waals surface area contributed by atoms with Gasteiger partial charge in [-0.2, -0.15) is 0 Å². The number of ether oxygens (including phenoxy) is 1. The zero-order chi connectivity index (χ0) is 31.3. The molecule has 1 saturated carbocycles. The van der Waals surface area contributed by atoms with Crippen LogP contribution < -0.4 is 10.1 Å². The molecular weight excluding hydrogens is 561 g/mol.